The number of hydrogen-bond donors (Lipinski definition) is 1. The first-order valence-electron chi connectivity index (χ1n) is 9.76. The molecule has 0 saturated carbocycles. The zero-order chi connectivity index (χ0) is 20.9. The molecule has 29 heavy (non-hydrogen) atoms. The van der Waals surface area contributed by atoms with Crippen LogP contribution in [-0.4, -0.2) is 45.6 Å². The van der Waals surface area contributed by atoms with Crippen molar-refractivity contribution in [2.45, 2.75) is 52.0 Å². The molecule has 0 aliphatic carbocycles. The number of nitrogens with zero attached hydrogens (tertiary/aromatic N) is 3. The summed E-state index contributed by atoms with van der Waals surface area (Å²) in [4.78, 5) is 25.8. The fraction of sp³-hybridized carbons (Fsp3) is 0.476. The largest absolute Gasteiger partial charge is 0.445 e. The van der Waals surface area contributed by atoms with Crippen molar-refractivity contribution in [2.75, 3.05) is 13.1 Å². The Hall–Kier alpha value is -3.03. The van der Waals surface area contributed by atoms with Crippen molar-refractivity contribution >= 4 is 12.2 Å². The van der Waals surface area contributed by atoms with Crippen LogP contribution in [0.4, 0.5) is 9.59 Å². The number of nitrogens with one attached hydrogen (secondary N) is 1. The van der Waals surface area contributed by atoms with Crippen molar-refractivity contribution in [1.82, 2.24) is 20.0 Å². The third-order valence-electron chi connectivity index (χ3n) is 4.49. The number of rotatable bonds is 5. The lowest BCUT2D eigenvalue weighted by Crippen LogP contribution is -2.32. The van der Waals surface area contributed by atoms with Gasteiger partial charge in [0.1, 0.15) is 12.2 Å². The molecule has 1 N–H and O–H groups in total. The van der Waals surface area contributed by atoms with Crippen LogP contribution in [0.1, 0.15) is 44.4 Å². The van der Waals surface area contributed by atoms with Gasteiger partial charge in [-0.2, -0.15) is 5.10 Å². The average molecular weight is 400 g/mol. The van der Waals surface area contributed by atoms with Gasteiger partial charge in [-0.25, -0.2) is 9.59 Å². The van der Waals surface area contributed by atoms with Gasteiger partial charge in [0, 0.05) is 31.4 Å². The first-order chi connectivity index (χ1) is 13.8. The predicted octanol–water partition coefficient (Wildman–Crippen LogP) is 3.49. The van der Waals surface area contributed by atoms with Crippen molar-refractivity contribution in [3.8, 4) is 0 Å². The summed E-state index contributed by atoms with van der Waals surface area (Å²) in [5.74, 6) is 0. The highest BCUT2D eigenvalue weighted by atomic mass is 16.6. The highest BCUT2D eigenvalue weighted by Gasteiger charge is 2.29. The lowest BCUT2D eigenvalue weighted by Gasteiger charge is -2.19. The fourth-order valence-corrected chi connectivity index (χ4v) is 3.09. The maximum atomic E-state index is 12.3. The molecule has 8 nitrogen and oxygen atoms in total. The molecule has 1 aromatic heterocycles. The van der Waals surface area contributed by atoms with E-state index >= 15 is 0 Å². The first kappa shape index (κ1) is 20.7. The molecule has 2 aromatic rings. The number of ether oxygens (including phenoxy) is 2. The number of likely N-dealkylation sites (tertiary alicyclic amines) is 1. The van der Waals surface area contributed by atoms with E-state index < -0.39 is 11.7 Å². The van der Waals surface area contributed by atoms with Gasteiger partial charge in [-0.15, -0.1) is 0 Å². The van der Waals surface area contributed by atoms with Crippen LogP contribution < -0.4 is 5.32 Å². The highest BCUT2D eigenvalue weighted by Crippen LogP contribution is 2.22. The monoisotopic (exact) mass is 400 g/mol. The number of carbonyl (C=O) groups excluding carboxylic acids is 2. The maximum Gasteiger partial charge on any atom is 0.410 e. The van der Waals surface area contributed by atoms with Gasteiger partial charge in [-0.05, 0) is 32.8 Å². The van der Waals surface area contributed by atoms with E-state index in [1.807, 2.05) is 62.0 Å². The molecule has 1 aliphatic rings. The molecule has 1 aliphatic heterocycles. The lowest BCUT2D eigenvalue weighted by molar-refractivity contribution is 0.0523. The molecule has 1 fully saturated rings. The fourth-order valence-electron chi connectivity index (χ4n) is 3.09. The molecule has 2 heterocycles. The summed E-state index contributed by atoms with van der Waals surface area (Å²) >= 11 is 0. The van der Waals surface area contributed by atoms with E-state index in [1.165, 1.54) is 0 Å². The summed E-state index contributed by atoms with van der Waals surface area (Å²) < 4.78 is 12.5. The summed E-state index contributed by atoms with van der Waals surface area (Å²) in [6, 6.07) is 9.71. The Kier molecular flexibility index (Phi) is 6.41. The van der Waals surface area contributed by atoms with Crippen molar-refractivity contribution in [1.29, 1.82) is 0 Å². The Bertz CT molecular complexity index is 829. The minimum atomic E-state index is -0.531. The van der Waals surface area contributed by atoms with Crippen molar-refractivity contribution in [3.63, 3.8) is 0 Å². The third kappa shape index (κ3) is 6.23. The second kappa shape index (κ2) is 8.98. The quantitative estimate of drug-likeness (QED) is 0.830. The summed E-state index contributed by atoms with van der Waals surface area (Å²) in [5.41, 5.74) is 1.31. The van der Waals surface area contributed by atoms with Crippen LogP contribution >= 0.6 is 0 Å². The number of alkyl carbamates (subject to hydrolysis) is 1. The zero-order valence-electron chi connectivity index (χ0n) is 17.1. The second-order valence-corrected chi connectivity index (χ2v) is 8.11. The molecule has 2 amide bonds. The van der Waals surface area contributed by atoms with Crippen LogP contribution in [0.25, 0.3) is 0 Å². The number of hydrogen-bond acceptors (Lipinski definition) is 5. The van der Waals surface area contributed by atoms with Crippen molar-refractivity contribution < 1.29 is 19.1 Å². The van der Waals surface area contributed by atoms with Crippen LogP contribution in [-0.2, 0) is 22.6 Å². The van der Waals surface area contributed by atoms with Gasteiger partial charge in [0.15, 0.2) is 0 Å². The minimum absolute atomic E-state index is 0.0922. The number of benzene rings is 1. The van der Waals surface area contributed by atoms with E-state index in [1.54, 1.807) is 11.1 Å². The molecular formula is C21H28N4O4. The Morgan fingerprint density at radius 2 is 1.97 bits per heavy atom. The van der Waals surface area contributed by atoms with Gasteiger partial charge in [0.05, 0.1) is 12.2 Å². The van der Waals surface area contributed by atoms with Crippen LogP contribution in [0.2, 0.25) is 0 Å². The van der Waals surface area contributed by atoms with E-state index in [2.05, 4.69) is 10.4 Å². The van der Waals surface area contributed by atoms with E-state index in [9.17, 15) is 9.59 Å². The number of carbonyl (C=O) groups is 2. The molecule has 3 rings (SSSR count). The zero-order valence-corrected chi connectivity index (χ0v) is 17.1. The average Bonchev–Trinajstić information content (AvgIpc) is 3.33. The first-order valence-corrected chi connectivity index (χ1v) is 9.76. The summed E-state index contributed by atoms with van der Waals surface area (Å²) in [6.45, 7) is 7.25. The summed E-state index contributed by atoms with van der Waals surface area (Å²) in [6.07, 6.45) is 3.64. The topological polar surface area (TPSA) is 85.7 Å². The molecule has 156 valence electrons. The van der Waals surface area contributed by atoms with Crippen molar-refractivity contribution in [2.24, 2.45) is 0 Å². The second-order valence-electron chi connectivity index (χ2n) is 8.11. The molecule has 1 atom stereocenters. The number of amides is 2. The lowest BCUT2D eigenvalue weighted by atomic mass is 10.2. The van der Waals surface area contributed by atoms with Crippen LogP contribution in [0.5, 0.6) is 0 Å². The van der Waals surface area contributed by atoms with Crippen LogP contribution in [0.3, 0.4) is 0 Å². The molecule has 1 saturated heterocycles. The maximum absolute atomic E-state index is 12.3. The number of aromatic nitrogens is 2. The van der Waals surface area contributed by atoms with Gasteiger partial charge in [0.25, 0.3) is 0 Å². The van der Waals surface area contributed by atoms with E-state index in [4.69, 9.17) is 9.47 Å². The van der Waals surface area contributed by atoms with Gasteiger partial charge in [-0.1, -0.05) is 30.3 Å². The molecule has 1 aromatic carbocycles. The SMILES string of the molecule is CC(C)(C)OC(=O)NCc1cnn([C@@H]2CCN(C(=O)OCc3ccccc3)C2)c1. The smallest absolute Gasteiger partial charge is 0.410 e. The van der Waals surface area contributed by atoms with E-state index in [0.29, 0.717) is 19.6 Å². The summed E-state index contributed by atoms with van der Waals surface area (Å²) in [7, 11) is 0. The molecular weight excluding hydrogens is 372 g/mol. The minimum Gasteiger partial charge on any atom is -0.445 e. The standard InChI is InChI=1S/C21H28N4O4/c1-21(2,3)29-19(26)22-11-17-12-23-25(13-17)18-9-10-24(14-18)20(27)28-15-16-7-5-4-6-8-16/h4-8,12-13,18H,9-11,14-15H2,1-3H3,(H,22,26)/t18-/m1/s1. The van der Waals surface area contributed by atoms with Gasteiger partial charge in [-0.3, -0.25) is 4.68 Å². The summed E-state index contributed by atoms with van der Waals surface area (Å²) in [5, 5.41) is 7.10. The Morgan fingerprint density at radius 1 is 1.21 bits per heavy atom. The molecule has 0 radical (unpaired) electrons. The van der Waals surface area contributed by atoms with Crippen molar-refractivity contribution in [3.05, 3.63) is 53.9 Å². The predicted molar refractivity (Wildman–Crippen MR) is 107 cm³/mol. The molecule has 0 bridgehead atoms. The van der Waals surface area contributed by atoms with E-state index in [0.717, 1.165) is 17.5 Å². The Morgan fingerprint density at radius 3 is 2.69 bits per heavy atom. The normalized spacial score (nSPS) is 16.5. The molecule has 8 heteroatoms. The van der Waals surface area contributed by atoms with Gasteiger partial charge >= 0.3 is 12.2 Å². The Balaban J connectivity index is 1.45. The molecule has 0 unspecified atom stereocenters. The van der Waals surface area contributed by atoms with E-state index in [-0.39, 0.29) is 18.7 Å². The molecule has 0 spiro atoms. The third-order valence-corrected chi connectivity index (χ3v) is 4.49. The van der Waals surface area contributed by atoms with Gasteiger partial charge in [0.2, 0.25) is 0 Å². The van der Waals surface area contributed by atoms with Crippen LogP contribution in [0, 0.1) is 0 Å². The highest BCUT2D eigenvalue weighted by molar-refractivity contribution is 5.68. The van der Waals surface area contributed by atoms with Gasteiger partial charge < -0.3 is 19.7 Å². The Labute approximate surface area is 170 Å². The van der Waals surface area contributed by atoms with Crippen LogP contribution in [0.15, 0.2) is 42.7 Å².